The number of likely N-dealkylation sites (tertiary alicyclic amines) is 1. The van der Waals surface area contributed by atoms with E-state index in [1.165, 1.54) is 0 Å². The fourth-order valence-corrected chi connectivity index (χ4v) is 4.31. The highest BCUT2D eigenvalue weighted by Crippen LogP contribution is 2.24. The van der Waals surface area contributed by atoms with Gasteiger partial charge >= 0.3 is 0 Å². The van der Waals surface area contributed by atoms with Gasteiger partial charge in [-0.15, -0.1) is 0 Å². The summed E-state index contributed by atoms with van der Waals surface area (Å²) in [5.74, 6) is -0.0150. The first kappa shape index (κ1) is 23.0. The van der Waals surface area contributed by atoms with Gasteiger partial charge in [0.1, 0.15) is 0 Å². The van der Waals surface area contributed by atoms with Crippen LogP contribution in [0.5, 0.6) is 0 Å². The number of carbonyl (C=O) groups is 2. The Hall–Kier alpha value is -3.15. The molecule has 1 atom stereocenters. The molecule has 0 radical (unpaired) electrons. The lowest BCUT2D eigenvalue weighted by molar-refractivity contribution is -0.123. The van der Waals surface area contributed by atoms with Crippen LogP contribution in [0, 0.1) is 5.92 Å². The summed E-state index contributed by atoms with van der Waals surface area (Å²) in [4.78, 5) is 27.6. The zero-order chi connectivity index (χ0) is 23.0. The average molecular weight is 462 g/mol. The van der Waals surface area contributed by atoms with E-state index in [9.17, 15) is 9.59 Å². The van der Waals surface area contributed by atoms with Crippen molar-refractivity contribution in [2.24, 2.45) is 5.92 Å². The van der Waals surface area contributed by atoms with Crippen molar-refractivity contribution in [2.45, 2.75) is 18.9 Å². The molecule has 0 aromatic heterocycles. The quantitative estimate of drug-likeness (QED) is 0.526. The van der Waals surface area contributed by atoms with Crippen LogP contribution in [-0.2, 0) is 9.59 Å². The van der Waals surface area contributed by atoms with Crippen molar-refractivity contribution in [3.63, 3.8) is 0 Å². The third-order valence-electron chi connectivity index (χ3n) is 6.01. The Kier molecular flexibility index (Phi) is 7.76. The summed E-state index contributed by atoms with van der Waals surface area (Å²) in [6.45, 7) is 1.75. The van der Waals surface area contributed by atoms with E-state index in [1.807, 2.05) is 84.9 Å². The highest BCUT2D eigenvalue weighted by molar-refractivity contribution is 6.30. The molecule has 4 rings (SSSR count). The van der Waals surface area contributed by atoms with Crippen molar-refractivity contribution in [2.75, 3.05) is 25.0 Å². The summed E-state index contributed by atoms with van der Waals surface area (Å²) in [5.41, 5.74) is 2.82. The van der Waals surface area contributed by atoms with E-state index in [-0.39, 0.29) is 23.8 Å². The molecule has 5 nitrogen and oxygen atoms in total. The predicted octanol–water partition coefficient (Wildman–Crippen LogP) is 4.90. The molecule has 1 saturated heterocycles. The van der Waals surface area contributed by atoms with Crippen LogP contribution in [-0.4, -0.2) is 36.3 Å². The third kappa shape index (κ3) is 6.44. The van der Waals surface area contributed by atoms with Gasteiger partial charge in [-0.1, -0.05) is 72.3 Å². The largest absolute Gasteiger partial charge is 0.344 e. The van der Waals surface area contributed by atoms with E-state index in [1.54, 1.807) is 0 Å². The molecular formula is C27H28ClN3O2. The van der Waals surface area contributed by atoms with Gasteiger partial charge in [-0.25, -0.2) is 0 Å². The summed E-state index contributed by atoms with van der Waals surface area (Å²) in [7, 11) is 0. The second-order valence-corrected chi connectivity index (χ2v) is 8.80. The topological polar surface area (TPSA) is 61.4 Å². The van der Waals surface area contributed by atoms with Gasteiger partial charge in [0, 0.05) is 16.6 Å². The first-order chi connectivity index (χ1) is 16.1. The molecule has 0 unspecified atom stereocenters. The molecule has 2 N–H and O–H groups in total. The molecule has 170 valence electrons. The van der Waals surface area contributed by atoms with Gasteiger partial charge in [0.25, 0.3) is 0 Å². The standard InChI is InChI=1S/C27H28ClN3O2/c28-23-13-11-21(12-14-23)26(20-7-3-1-4-8-20)30-25(32)19-31-17-15-22(16-18-31)27(33)29-24-9-5-2-6-10-24/h1-14,22,26H,15-19H2,(H,29,33)(H,30,32)/t26-/m0/s1. The highest BCUT2D eigenvalue weighted by Gasteiger charge is 2.26. The molecule has 33 heavy (non-hydrogen) atoms. The Morgan fingerprint density at radius 2 is 1.42 bits per heavy atom. The Labute approximate surface area is 199 Å². The zero-order valence-electron chi connectivity index (χ0n) is 18.4. The molecule has 3 aromatic carbocycles. The smallest absolute Gasteiger partial charge is 0.234 e. The molecular weight excluding hydrogens is 434 g/mol. The van der Waals surface area contributed by atoms with E-state index < -0.39 is 0 Å². The van der Waals surface area contributed by atoms with Gasteiger partial charge in [-0.3, -0.25) is 14.5 Å². The number of benzene rings is 3. The lowest BCUT2D eigenvalue weighted by Crippen LogP contribution is -2.44. The Morgan fingerprint density at radius 1 is 0.848 bits per heavy atom. The Balaban J connectivity index is 1.32. The van der Waals surface area contributed by atoms with E-state index >= 15 is 0 Å². The number of nitrogens with one attached hydrogen (secondary N) is 2. The highest BCUT2D eigenvalue weighted by atomic mass is 35.5. The van der Waals surface area contributed by atoms with Crippen LogP contribution in [0.15, 0.2) is 84.9 Å². The maximum absolute atomic E-state index is 12.9. The molecule has 2 amide bonds. The molecule has 0 aliphatic carbocycles. The number of piperidine rings is 1. The molecule has 0 spiro atoms. The number of carbonyl (C=O) groups excluding carboxylic acids is 2. The van der Waals surface area contributed by atoms with Crippen LogP contribution in [0.1, 0.15) is 30.0 Å². The van der Waals surface area contributed by atoms with Gasteiger partial charge < -0.3 is 10.6 Å². The number of halogens is 1. The van der Waals surface area contributed by atoms with E-state index in [4.69, 9.17) is 11.6 Å². The van der Waals surface area contributed by atoms with Crippen molar-refractivity contribution in [1.82, 2.24) is 10.2 Å². The van der Waals surface area contributed by atoms with Gasteiger partial charge in [-0.2, -0.15) is 0 Å². The minimum absolute atomic E-state index is 0.0318. The number of rotatable bonds is 7. The normalized spacial score (nSPS) is 15.5. The second kappa shape index (κ2) is 11.1. The molecule has 1 aliphatic heterocycles. The number of amides is 2. The monoisotopic (exact) mass is 461 g/mol. The first-order valence-corrected chi connectivity index (χ1v) is 11.6. The lowest BCUT2D eigenvalue weighted by atomic mass is 9.95. The number of para-hydroxylation sites is 1. The fourth-order valence-electron chi connectivity index (χ4n) is 4.19. The molecule has 6 heteroatoms. The van der Waals surface area contributed by atoms with Crippen molar-refractivity contribution < 1.29 is 9.59 Å². The lowest BCUT2D eigenvalue weighted by Gasteiger charge is -2.31. The number of hydrogen-bond donors (Lipinski definition) is 2. The van der Waals surface area contributed by atoms with E-state index in [0.717, 1.165) is 42.7 Å². The predicted molar refractivity (Wildman–Crippen MR) is 132 cm³/mol. The summed E-state index contributed by atoms with van der Waals surface area (Å²) in [5, 5.41) is 6.83. The van der Waals surface area contributed by atoms with Crippen LogP contribution in [0.25, 0.3) is 0 Å². The zero-order valence-corrected chi connectivity index (χ0v) is 19.2. The Morgan fingerprint density at radius 3 is 2.06 bits per heavy atom. The molecule has 1 fully saturated rings. The molecule has 1 heterocycles. The van der Waals surface area contributed by atoms with Crippen molar-refractivity contribution in [3.8, 4) is 0 Å². The van der Waals surface area contributed by atoms with Gasteiger partial charge in [-0.05, 0) is 61.3 Å². The summed E-state index contributed by atoms with van der Waals surface area (Å²) >= 11 is 6.05. The van der Waals surface area contributed by atoms with E-state index in [2.05, 4.69) is 15.5 Å². The summed E-state index contributed by atoms with van der Waals surface area (Å²) in [6.07, 6.45) is 1.48. The Bertz CT molecular complexity index is 1050. The van der Waals surface area contributed by atoms with Crippen LogP contribution in [0.3, 0.4) is 0 Å². The third-order valence-corrected chi connectivity index (χ3v) is 6.26. The number of nitrogens with zero attached hydrogens (tertiary/aromatic N) is 1. The molecule has 1 aliphatic rings. The number of hydrogen-bond acceptors (Lipinski definition) is 3. The first-order valence-electron chi connectivity index (χ1n) is 11.3. The van der Waals surface area contributed by atoms with Crippen molar-refractivity contribution in [3.05, 3.63) is 101 Å². The van der Waals surface area contributed by atoms with Crippen LogP contribution in [0.4, 0.5) is 5.69 Å². The average Bonchev–Trinajstić information content (AvgIpc) is 2.85. The van der Waals surface area contributed by atoms with Crippen LogP contribution < -0.4 is 10.6 Å². The maximum Gasteiger partial charge on any atom is 0.234 e. The number of anilines is 1. The second-order valence-electron chi connectivity index (χ2n) is 8.37. The van der Waals surface area contributed by atoms with Gasteiger partial charge in [0.2, 0.25) is 11.8 Å². The van der Waals surface area contributed by atoms with Gasteiger partial charge in [0.05, 0.1) is 12.6 Å². The minimum Gasteiger partial charge on any atom is -0.344 e. The van der Waals surface area contributed by atoms with Gasteiger partial charge in [0.15, 0.2) is 0 Å². The van der Waals surface area contributed by atoms with E-state index in [0.29, 0.717) is 11.6 Å². The fraction of sp³-hybridized carbons (Fsp3) is 0.259. The molecule has 0 saturated carbocycles. The molecule has 0 bridgehead atoms. The SMILES string of the molecule is O=C(CN1CCC(C(=O)Nc2ccccc2)CC1)N[C@@H](c1ccccc1)c1ccc(Cl)cc1. The van der Waals surface area contributed by atoms with Crippen molar-refractivity contribution in [1.29, 1.82) is 0 Å². The van der Waals surface area contributed by atoms with Crippen molar-refractivity contribution >= 4 is 29.1 Å². The summed E-state index contributed by atoms with van der Waals surface area (Å²) in [6, 6.07) is 26.7. The molecule has 3 aromatic rings. The van der Waals surface area contributed by atoms with Crippen LogP contribution in [0.2, 0.25) is 5.02 Å². The maximum atomic E-state index is 12.9. The minimum atomic E-state index is -0.245. The van der Waals surface area contributed by atoms with Crippen LogP contribution >= 0.6 is 11.6 Å². The summed E-state index contributed by atoms with van der Waals surface area (Å²) < 4.78 is 0.